The average Bonchev–Trinajstić information content (AvgIpc) is 3.02. The van der Waals surface area contributed by atoms with Gasteiger partial charge in [-0.2, -0.15) is 0 Å². The summed E-state index contributed by atoms with van der Waals surface area (Å²) >= 11 is 0. The van der Waals surface area contributed by atoms with Gasteiger partial charge in [-0.3, -0.25) is 19.3 Å². The van der Waals surface area contributed by atoms with Crippen LogP contribution >= 0.6 is 0 Å². The number of methoxy groups -OCH3 is 1. The summed E-state index contributed by atoms with van der Waals surface area (Å²) in [6, 6.07) is 8.38. The summed E-state index contributed by atoms with van der Waals surface area (Å²) in [5.74, 6) is -5.99. The Kier molecular flexibility index (Phi) is 8.20. The number of nitrogens with two attached hydrogens (primary N) is 1. The Labute approximate surface area is 267 Å². The third kappa shape index (κ3) is 4.88. The predicted octanol–water partition coefficient (Wildman–Crippen LogP) is 3.22. The molecule has 244 valence electrons. The number of ether oxygens (including phenoxy) is 1. The molecule has 46 heavy (non-hydrogen) atoms. The van der Waals surface area contributed by atoms with E-state index >= 15 is 0 Å². The maximum atomic E-state index is 14.1. The molecular formula is C35H41N3O8. The number of likely N-dealkylation sites (N-methyl/N-ethyl adjacent to an activating group) is 1. The Bertz CT molecular complexity index is 1690. The summed E-state index contributed by atoms with van der Waals surface area (Å²) < 4.78 is 5.66. The Balaban J connectivity index is 1.43. The molecule has 6 rings (SSSR count). The van der Waals surface area contributed by atoms with Crippen molar-refractivity contribution in [2.75, 3.05) is 21.2 Å². The summed E-state index contributed by atoms with van der Waals surface area (Å²) in [5.41, 5.74) is 4.80. The topological polar surface area (TPSA) is 183 Å². The van der Waals surface area contributed by atoms with Gasteiger partial charge in [-0.25, -0.2) is 0 Å². The number of primary amides is 1. The monoisotopic (exact) mass is 631 g/mol. The highest BCUT2D eigenvalue weighted by atomic mass is 16.5. The Morgan fingerprint density at radius 3 is 2.46 bits per heavy atom. The summed E-state index contributed by atoms with van der Waals surface area (Å²) in [5, 5.41) is 49.0. The highest BCUT2D eigenvalue weighted by Crippen LogP contribution is 2.53. The molecule has 0 bridgehead atoms. The zero-order chi connectivity index (χ0) is 33.1. The van der Waals surface area contributed by atoms with Crippen molar-refractivity contribution < 1.29 is 39.5 Å². The van der Waals surface area contributed by atoms with E-state index in [9.17, 15) is 34.8 Å². The van der Waals surface area contributed by atoms with Crippen molar-refractivity contribution in [3.05, 3.63) is 69.7 Å². The quantitative estimate of drug-likeness (QED) is 0.248. The van der Waals surface area contributed by atoms with Gasteiger partial charge >= 0.3 is 0 Å². The normalized spacial score (nSPS) is 26.6. The number of carbonyl (C=O) groups excluding carboxylic acids is 3. The van der Waals surface area contributed by atoms with Crippen LogP contribution in [-0.2, 0) is 22.6 Å². The van der Waals surface area contributed by atoms with Gasteiger partial charge in [-0.05, 0) is 80.6 Å². The number of fused-ring (bicyclic) bond motifs is 3. The first-order valence-electron chi connectivity index (χ1n) is 15.8. The molecule has 11 heteroatoms. The van der Waals surface area contributed by atoms with Crippen LogP contribution in [0, 0.1) is 11.8 Å². The molecule has 0 radical (unpaired) electrons. The number of phenolic OH excluding ortho intramolecular Hbond substituents is 1. The van der Waals surface area contributed by atoms with E-state index in [4.69, 9.17) is 10.5 Å². The van der Waals surface area contributed by atoms with Crippen LogP contribution in [0.25, 0.3) is 11.1 Å². The fourth-order valence-electron chi connectivity index (χ4n) is 8.17. The van der Waals surface area contributed by atoms with Crippen molar-refractivity contribution in [3.8, 4) is 22.6 Å². The summed E-state index contributed by atoms with van der Waals surface area (Å²) in [4.78, 5) is 41.4. The number of carbonyl (C=O) groups is 3. The molecule has 11 nitrogen and oxygen atoms in total. The highest BCUT2D eigenvalue weighted by Gasteiger charge is 2.63. The highest BCUT2D eigenvalue weighted by molar-refractivity contribution is 6.24. The Morgan fingerprint density at radius 2 is 1.80 bits per heavy atom. The van der Waals surface area contributed by atoms with Crippen molar-refractivity contribution in [2.45, 2.75) is 69.2 Å². The number of aliphatic hydroxyl groups is 3. The fraction of sp³-hybridized carbons (Fsp3) is 0.457. The fourth-order valence-corrected chi connectivity index (χ4v) is 8.17. The number of phenols is 1. The molecule has 1 saturated carbocycles. The van der Waals surface area contributed by atoms with Crippen LogP contribution in [0.15, 0.2) is 53.0 Å². The van der Waals surface area contributed by atoms with Gasteiger partial charge in [0, 0.05) is 29.6 Å². The van der Waals surface area contributed by atoms with E-state index in [0.717, 1.165) is 35.3 Å². The first-order valence-corrected chi connectivity index (χ1v) is 15.8. The zero-order valence-corrected chi connectivity index (χ0v) is 26.3. The van der Waals surface area contributed by atoms with Crippen LogP contribution in [0.5, 0.6) is 11.5 Å². The van der Waals surface area contributed by atoms with E-state index in [2.05, 4.69) is 5.32 Å². The molecule has 1 fully saturated rings. The summed E-state index contributed by atoms with van der Waals surface area (Å²) in [7, 11) is 4.84. The van der Waals surface area contributed by atoms with Crippen LogP contribution < -0.4 is 15.8 Å². The number of benzene rings is 2. The number of nitrogens with zero attached hydrogens (tertiary/aromatic N) is 1. The van der Waals surface area contributed by atoms with Crippen molar-refractivity contribution in [1.82, 2.24) is 10.2 Å². The van der Waals surface area contributed by atoms with Gasteiger partial charge in [0.15, 0.2) is 11.4 Å². The lowest BCUT2D eigenvalue weighted by atomic mass is 9.58. The smallest absolute Gasteiger partial charge is 0.255 e. The molecule has 7 N–H and O–H groups in total. The number of nitrogens with one attached hydrogen (secondary N) is 1. The first-order chi connectivity index (χ1) is 21.9. The molecular weight excluding hydrogens is 590 g/mol. The molecule has 0 aromatic heterocycles. The standard InChI is InChI=1S/C35H41N3O8/c1-38(2)29-23-15-18-14-22-21(17-9-12-25(46-3)19(13-17)16-37-20-7-5-4-6-8-20)10-11-24(39)27(22)30(40)26(18)32(42)35(23,45)33(43)28(31(29)41)34(36)44/h9-13,18,20,23,29,37,39,41-42,45H,4-8,14-16H2,1-3H3,(H2,36,44)/t18-,23-,29-,35-/m0/s1. The van der Waals surface area contributed by atoms with E-state index in [1.807, 2.05) is 18.2 Å². The molecule has 0 unspecified atom stereocenters. The summed E-state index contributed by atoms with van der Waals surface area (Å²) in [6.07, 6.45) is 6.18. The second-order valence-electron chi connectivity index (χ2n) is 13.2. The minimum atomic E-state index is -2.67. The second kappa shape index (κ2) is 11.9. The number of ketones is 2. The lowest BCUT2D eigenvalue weighted by Crippen LogP contribution is -2.63. The molecule has 1 amide bonds. The number of aromatic hydroxyl groups is 1. The first kappa shape index (κ1) is 31.8. The molecule has 2 aromatic rings. The maximum Gasteiger partial charge on any atom is 0.255 e. The molecule has 0 aliphatic heterocycles. The molecule has 4 aliphatic rings. The van der Waals surface area contributed by atoms with Gasteiger partial charge in [0.1, 0.15) is 28.6 Å². The molecule has 0 saturated heterocycles. The third-order valence-corrected chi connectivity index (χ3v) is 10.4. The number of aliphatic hydroxyl groups excluding tert-OH is 2. The van der Waals surface area contributed by atoms with Gasteiger partial charge in [0.2, 0.25) is 5.78 Å². The molecule has 0 heterocycles. The van der Waals surface area contributed by atoms with Gasteiger partial charge in [0.05, 0.1) is 18.7 Å². The number of rotatable bonds is 7. The molecule has 2 aromatic carbocycles. The molecule has 0 spiro atoms. The third-order valence-electron chi connectivity index (χ3n) is 10.4. The maximum absolute atomic E-state index is 14.1. The van der Waals surface area contributed by atoms with E-state index < -0.39 is 58.0 Å². The number of Topliss-reactive ketones (excluding diaryl/α,β-unsaturated/α-hetero) is 2. The predicted molar refractivity (Wildman–Crippen MR) is 169 cm³/mol. The number of amides is 1. The summed E-state index contributed by atoms with van der Waals surface area (Å²) in [6.45, 7) is 0.606. The number of hydrogen-bond donors (Lipinski definition) is 6. The lowest BCUT2D eigenvalue weighted by Gasteiger charge is -2.50. The van der Waals surface area contributed by atoms with Gasteiger partial charge in [-0.15, -0.1) is 0 Å². The van der Waals surface area contributed by atoms with Gasteiger partial charge < -0.3 is 36.2 Å². The van der Waals surface area contributed by atoms with Crippen molar-refractivity contribution >= 4 is 17.5 Å². The zero-order valence-electron chi connectivity index (χ0n) is 26.3. The van der Waals surface area contributed by atoms with Crippen molar-refractivity contribution in [2.24, 2.45) is 17.6 Å². The van der Waals surface area contributed by atoms with E-state index in [1.165, 1.54) is 30.2 Å². The van der Waals surface area contributed by atoms with E-state index in [0.29, 0.717) is 18.2 Å². The van der Waals surface area contributed by atoms with Crippen LogP contribution in [0.2, 0.25) is 0 Å². The van der Waals surface area contributed by atoms with E-state index in [1.54, 1.807) is 27.3 Å². The minimum absolute atomic E-state index is 0.0176. The van der Waals surface area contributed by atoms with E-state index in [-0.39, 0.29) is 29.7 Å². The van der Waals surface area contributed by atoms with Crippen LogP contribution in [0.3, 0.4) is 0 Å². The van der Waals surface area contributed by atoms with Crippen molar-refractivity contribution in [3.63, 3.8) is 0 Å². The Hall–Kier alpha value is -4.19. The largest absolute Gasteiger partial charge is 0.510 e. The minimum Gasteiger partial charge on any atom is -0.510 e. The number of hydrogen-bond acceptors (Lipinski definition) is 10. The Morgan fingerprint density at radius 1 is 1.09 bits per heavy atom. The molecule has 4 aliphatic carbocycles. The lowest BCUT2D eigenvalue weighted by molar-refractivity contribution is -0.148. The SMILES string of the molecule is COc1ccc(-c2ccc(O)c3c2C[C@H]2C[C@H]4[C@H](N(C)C)C(O)=C(C(N)=O)C(=O)[C@@]4(O)C(O)=C2C3=O)cc1CNC1CCCCC1. The second-order valence-corrected chi connectivity index (χ2v) is 13.2. The van der Waals surface area contributed by atoms with Gasteiger partial charge in [0.25, 0.3) is 5.91 Å². The van der Waals surface area contributed by atoms with Gasteiger partial charge in [-0.1, -0.05) is 31.4 Å². The van der Waals surface area contributed by atoms with Crippen LogP contribution in [0.1, 0.15) is 60.0 Å². The van der Waals surface area contributed by atoms with Crippen molar-refractivity contribution in [1.29, 1.82) is 0 Å². The average molecular weight is 632 g/mol. The number of allylic oxidation sites excluding steroid dienone is 1. The van der Waals surface area contributed by atoms with Crippen LogP contribution in [-0.4, -0.2) is 81.7 Å². The van der Waals surface area contributed by atoms with Crippen LogP contribution in [0.4, 0.5) is 0 Å². The molecule has 4 atom stereocenters.